The third kappa shape index (κ3) is 3.98. The van der Waals surface area contributed by atoms with Gasteiger partial charge in [0.25, 0.3) is 5.91 Å². The number of nitrogens with one attached hydrogen (secondary N) is 2. The third-order valence-corrected chi connectivity index (χ3v) is 2.50. The summed E-state index contributed by atoms with van der Waals surface area (Å²) in [5.41, 5.74) is 0.964. The molecule has 0 saturated carbocycles. The van der Waals surface area contributed by atoms with Gasteiger partial charge in [-0.15, -0.1) is 0 Å². The monoisotopic (exact) mass is 272 g/mol. The second-order valence-corrected chi connectivity index (χ2v) is 4.11. The smallest absolute Gasteiger partial charge is 0.271 e. The molecule has 2 rings (SSSR count). The van der Waals surface area contributed by atoms with Crippen molar-refractivity contribution < 1.29 is 4.79 Å². The predicted octanol–water partition coefficient (Wildman–Crippen LogP) is 1.02. The minimum atomic E-state index is -0.287. The van der Waals surface area contributed by atoms with Gasteiger partial charge >= 0.3 is 0 Å². The number of hydrogen-bond donors (Lipinski definition) is 2. The Labute approximate surface area is 116 Å². The quantitative estimate of drug-likeness (QED) is 0.815. The number of carbonyl (C=O) groups is 1. The van der Waals surface area contributed by atoms with Gasteiger partial charge in [-0.1, -0.05) is 6.92 Å². The van der Waals surface area contributed by atoms with Crippen LogP contribution < -0.4 is 10.6 Å². The zero-order valence-corrected chi connectivity index (χ0v) is 11.2. The van der Waals surface area contributed by atoms with Crippen molar-refractivity contribution in [3.8, 4) is 0 Å². The summed E-state index contributed by atoms with van der Waals surface area (Å²) in [5.74, 6) is 0.377. The summed E-state index contributed by atoms with van der Waals surface area (Å²) in [6.07, 6.45) is 5.58. The molecular weight excluding hydrogens is 256 g/mol. The summed E-state index contributed by atoms with van der Waals surface area (Å²) in [7, 11) is 0. The molecule has 20 heavy (non-hydrogen) atoms. The molecule has 0 radical (unpaired) electrons. The molecule has 0 unspecified atom stereocenters. The molecule has 0 saturated heterocycles. The van der Waals surface area contributed by atoms with E-state index in [9.17, 15) is 4.79 Å². The van der Waals surface area contributed by atoms with Crippen LogP contribution in [0.1, 0.15) is 29.5 Å². The molecule has 0 bridgehead atoms. The highest BCUT2D eigenvalue weighted by molar-refractivity contribution is 5.91. The van der Waals surface area contributed by atoms with Crippen LogP contribution in [0, 0.1) is 0 Å². The first-order valence-corrected chi connectivity index (χ1v) is 6.40. The number of anilines is 1. The van der Waals surface area contributed by atoms with Gasteiger partial charge in [-0.3, -0.25) is 4.79 Å². The maximum atomic E-state index is 11.9. The lowest BCUT2D eigenvalue weighted by atomic mass is 10.3. The van der Waals surface area contributed by atoms with Crippen LogP contribution in [0.25, 0.3) is 0 Å². The maximum Gasteiger partial charge on any atom is 0.271 e. The third-order valence-electron chi connectivity index (χ3n) is 2.50. The molecule has 0 aromatic carbocycles. The number of nitrogens with zero attached hydrogens (tertiary/aromatic N) is 4. The fourth-order valence-electron chi connectivity index (χ4n) is 1.48. The summed E-state index contributed by atoms with van der Waals surface area (Å²) in [5, 5.41) is 13.4. The second-order valence-electron chi connectivity index (χ2n) is 4.11. The van der Waals surface area contributed by atoms with Gasteiger partial charge in [0, 0.05) is 12.7 Å². The van der Waals surface area contributed by atoms with Crippen LogP contribution >= 0.6 is 0 Å². The molecule has 2 heterocycles. The van der Waals surface area contributed by atoms with Gasteiger partial charge in [-0.05, 0) is 18.6 Å². The van der Waals surface area contributed by atoms with E-state index in [2.05, 4.69) is 37.7 Å². The maximum absolute atomic E-state index is 11.9. The van der Waals surface area contributed by atoms with E-state index in [0.717, 1.165) is 13.0 Å². The Bertz CT molecular complexity index is 543. The molecule has 0 spiro atoms. The van der Waals surface area contributed by atoms with Crippen molar-refractivity contribution in [3.05, 3.63) is 42.1 Å². The Balaban J connectivity index is 1.89. The lowest BCUT2D eigenvalue weighted by molar-refractivity contribution is 0.0945. The number of carbonyl (C=O) groups excluding carboxylic acids is 1. The molecule has 7 nitrogen and oxygen atoms in total. The average Bonchev–Trinajstić information content (AvgIpc) is 2.52. The van der Waals surface area contributed by atoms with Crippen molar-refractivity contribution in [1.29, 1.82) is 0 Å². The van der Waals surface area contributed by atoms with E-state index in [0.29, 0.717) is 18.1 Å². The minimum Gasteiger partial charge on any atom is -0.369 e. The molecule has 2 aromatic rings. The average molecular weight is 272 g/mol. The van der Waals surface area contributed by atoms with Crippen LogP contribution in [0.15, 0.2) is 30.7 Å². The lowest BCUT2D eigenvalue weighted by Crippen LogP contribution is -2.24. The number of amides is 1. The zero-order valence-electron chi connectivity index (χ0n) is 11.2. The Morgan fingerprint density at radius 2 is 2.20 bits per heavy atom. The van der Waals surface area contributed by atoms with Gasteiger partial charge in [0.2, 0.25) is 0 Å². The molecule has 0 atom stereocenters. The fraction of sp³-hybridized carbons (Fsp3) is 0.308. The highest BCUT2D eigenvalue weighted by atomic mass is 16.1. The largest absolute Gasteiger partial charge is 0.369 e. The highest BCUT2D eigenvalue weighted by Gasteiger charge is 2.07. The van der Waals surface area contributed by atoms with Crippen LogP contribution in [0.5, 0.6) is 0 Å². The predicted molar refractivity (Wildman–Crippen MR) is 74.0 cm³/mol. The Kier molecular flexibility index (Phi) is 4.94. The fourth-order valence-corrected chi connectivity index (χ4v) is 1.48. The van der Waals surface area contributed by atoms with Crippen molar-refractivity contribution in [1.82, 2.24) is 25.5 Å². The first kappa shape index (κ1) is 13.9. The number of hydrogen-bond acceptors (Lipinski definition) is 6. The molecule has 0 aliphatic carbocycles. The standard InChI is InChI=1S/C13H16N6O/c1-2-5-14-12-9-15-11(8-16-12)13(20)17-7-10-4-3-6-18-19-10/h3-4,6,8-9H,2,5,7H2,1H3,(H,14,16)(H,17,20). The molecule has 0 aliphatic rings. The second kappa shape index (κ2) is 7.13. The molecule has 1 amide bonds. The van der Waals surface area contributed by atoms with Crippen LogP contribution in [0.3, 0.4) is 0 Å². The van der Waals surface area contributed by atoms with Crippen LogP contribution in [-0.4, -0.2) is 32.6 Å². The van der Waals surface area contributed by atoms with E-state index in [4.69, 9.17) is 0 Å². The first-order valence-electron chi connectivity index (χ1n) is 6.40. The van der Waals surface area contributed by atoms with Crippen molar-refractivity contribution in [2.24, 2.45) is 0 Å². The normalized spacial score (nSPS) is 10.1. The molecule has 104 valence electrons. The van der Waals surface area contributed by atoms with Gasteiger partial charge < -0.3 is 10.6 Å². The molecule has 0 aliphatic heterocycles. The van der Waals surface area contributed by atoms with Gasteiger partial charge in [0.05, 0.1) is 24.6 Å². The van der Waals surface area contributed by atoms with E-state index in [1.807, 2.05) is 0 Å². The summed E-state index contributed by atoms with van der Waals surface area (Å²) < 4.78 is 0. The SMILES string of the molecule is CCCNc1cnc(C(=O)NCc2cccnn2)cn1. The van der Waals surface area contributed by atoms with Gasteiger partial charge in [-0.2, -0.15) is 10.2 Å². The Morgan fingerprint density at radius 1 is 1.30 bits per heavy atom. The molecule has 2 aromatic heterocycles. The van der Waals surface area contributed by atoms with Crippen molar-refractivity contribution in [2.45, 2.75) is 19.9 Å². The Morgan fingerprint density at radius 3 is 2.85 bits per heavy atom. The number of aromatic nitrogens is 4. The van der Waals surface area contributed by atoms with Crippen molar-refractivity contribution >= 4 is 11.7 Å². The minimum absolute atomic E-state index is 0.274. The van der Waals surface area contributed by atoms with Crippen LogP contribution in [-0.2, 0) is 6.54 Å². The van der Waals surface area contributed by atoms with Crippen LogP contribution in [0.2, 0.25) is 0 Å². The summed E-state index contributed by atoms with van der Waals surface area (Å²) in [6.45, 7) is 3.20. The van der Waals surface area contributed by atoms with E-state index in [-0.39, 0.29) is 11.6 Å². The highest BCUT2D eigenvalue weighted by Crippen LogP contribution is 2.01. The lowest BCUT2D eigenvalue weighted by Gasteiger charge is -2.05. The summed E-state index contributed by atoms with van der Waals surface area (Å²) >= 11 is 0. The van der Waals surface area contributed by atoms with Gasteiger partial charge in [0.1, 0.15) is 11.5 Å². The van der Waals surface area contributed by atoms with E-state index >= 15 is 0 Å². The Hall–Kier alpha value is -2.57. The summed E-state index contributed by atoms with van der Waals surface area (Å²) in [4.78, 5) is 20.1. The molecule has 7 heteroatoms. The first-order chi connectivity index (χ1) is 9.79. The van der Waals surface area contributed by atoms with Crippen molar-refractivity contribution in [3.63, 3.8) is 0 Å². The van der Waals surface area contributed by atoms with Crippen LogP contribution in [0.4, 0.5) is 5.82 Å². The molecule has 2 N–H and O–H groups in total. The zero-order chi connectivity index (χ0) is 14.2. The van der Waals surface area contributed by atoms with E-state index in [1.165, 1.54) is 6.20 Å². The van der Waals surface area contributed by atoms with Gasteiger partial charge in [0.15, 0.2) is 0 Å². The van der Waals surface area contributed by atoms with E-state index < -0.39 is 0 Å². The molecular formula is C13H16N6O. The van der Waals surface area contributed by atoms with Gasteiger partial charge in [-0.25, -0.2) is 9.97 Å². The number of rotatable bonds is 6. The van der Waals surface area contributed by atoms with Crippen molar-refractivity contribution in [2.75, 3.05) is 11.9 Å². The molecule has 0 fully saturated rings. The summed E-state index contributed by atoms with van der Waals surface area (Å²) in [6, 6.07) is 3.55. The van der Waals surface area contributed by atoms with E-state index in [1.54, 1.807) is 24.5 Å². The topological polar surface area (TPSA) is 92.7 Å².